The molecule has 0 spiro atoms. The molecule has 12 rings (SSSR count). The van der Waals surface area contributed by atoms with E-state index in [-0.39, 0.29) is 0 Å². The number of fused-ring (bicyclic) bond motifs is 3. The van der Waals surface area contributed by atoms with Gasteiger partial charge in [0.25, 0.3) is 0 Å². The summed E-state index contributed by atoms with van der Waals surface area (Å²) in [7, 11) is 0. The van der Waals surface area contributed by atoms with E-state index >= 15 is 0 Å². The Labute approximate surface area is 373 Å². The molecule has 0 aliphatic carbocycles. The lowest BCUT2D eigenvalue weighted by molar-refractivity contribution is 0.487. The van der Waals surface area contributed by atoms with Gasteiger partial charge in [0.05, 0.1) is 5.69 Å². The Morgan fingerprint density at radius 3 is 1.58 bits per heavy atom. The third kappa shape index (κ3) is 6.61. The van der Waals surface area contributed by atoms with Gasteiger partial charge in [-0.15, -0.1) is 0 Å². The highest BCUT2D eigenvalue weighted by molar-refractivity contribution is 6.07. The van der Waals surface area contributed by atoms with Gasteiger partial charge in [0.1, 0.15) is 11.5 Å². The lowest BCUT2D eigenvalue weighted by Gasteiger charge is -2.29. The Morgan fingerprint density at radius 2 is 0.797 bits per heavy atom. The van der Waals surface area contributed by atoms with Gasteiger partial charge in [-0.2, -0.15) is 0 Å². The fourth-order valence-corrected chi connectivity index (χ4v) is 9.60. The minimum atomic E-state index is 0.881. The Kier molecular flexibility index (Phi) is 9.20. The van der Waals surface area contributed by atoms with E-state index in [1.165, 1.54) is 55.3 Å². The molecule has 0 saturated heterocycles. The molecule has 1 heterocycles. The molecule has 0 fully saturated rings. The second kappa shape index (κ2) is 15.8. The van der Waals surface area contributed by atoms with Crippen LogP contribution >= 0.6 is 0 Å². The average molecular weight is 816 g/mol. The van der Waals surface area contributed by atoms with Gasteiger partial charge in [-0.05, 0) is 132 Å². The minimum Gasteiger partial charge on any atom is -0.456 e. The third-order valence-electron chi connectivity index (χ3n) is 12.7. The summed E-state index contributed by atoms with van der Waals surface area (Å²) < 4.78 is 6.43. The maximum atomic E-state index is 6.43. The largest absolute Gasteiger partial charge is 0.456 e. The second-order valence-electron chi connectivity index (χ2n) is 16.4. The first-order valence-corrected chi connectivity index (χ1v) is 21.9. The smallest absolute Gasteiger partial charge is 0.135 e. The molecule has 0 saturated carbocycles. The predicted octanol–water partition coefficient (Wildman–Crippen LogP) is 17.6. The van der Waals surface area contributed by atoms with E-state index in [2.05, 4.69) is 248 Å². The van der Waals surface area contributed by atoms with Crippen molar-refractivity contribution in [2.75, 3.05) is 4.90 Å². The lowest BCUT2D eigenvalue weighted by Crippen LogP contribution is -2.11. The molecule has 1 aliphatic rings. The van der Waals surface area contributed by atoms with Crippen LogP contribution in [0.5, 0.6) is 11.5 Å². The van der Waals surface area contributed by atoms with Crippen LogP contribution in [0.1, 0.15) is 0 Å². The molecule has 2 nitrogen and oxygen atoms in total. The minimum absolute atomic E-state index is 0.881. The molecule has 1 aliphatic heterocycles. The number of benzene rings is 11. The zero-order chi connectivity index (χ0) is 42.4. The van der Waals surface area contributed by atoms with Crippen LogP contribution in [-0.2, 0) is 0 Å². The third-order valence-corrected chi connectivity index (χ3v) is 12.7. The van der Waals surface area contributed by atoms with Gasteiger partial charge >= 0.3 is 0 Å². The fraction of sp³-hybridized carbons (Fsp3) is 0. The summed E-state index contributed by atoms with van der Waals surface area (Å²) in [5, 5.41) is 4.78. The number of rotatable bonds is 8. The molecule has 0 amide bonds. The Balaban J connectivity index is 0.999. The normalized spacial score (nSPS) is 11.6. The van der Waals surface area contributed by atoms with E-state index in [1.807, 2.05) is 6.07 Å². The molecule has 300 valence electrons. The topological polar surface area (TPSA) is 12.5 Å². The highest BCUT2D eigenvalue weighted by Crippen LogP contribution is 2.50. The van der Waals surface area contributed by atoms with Crippen molar-refractivity contribution in [3.63, 3.8) is 0 Å². The van der Waals surface area contributed by atoms with Crippen LogP contribution in [0, 0.1) is 0 Å². The SMILES string of the molecule is c1ccc(-c2ccc(-c3ccc(N(c4ccc(-c5cccc6ccccc56)cc4)c4ccccc4-c4cc5c6c(cccc6c4)Oc4ccccc4-5)cc3)cc2-c2ccccc2)cc1. The molecule has 0 aromatic heterocycles. The van der Waals surface area contributed by atoms with E-state index in [0.29, 0.717) is 0 Å². The van der Waals surface area contributed by atoms with E-state index in [0.717, 1.165) is 61.6 Å². The van der Waals surface area contributed by atoms with Gasteiger partial charge in [-0.3, -0.25) is 0 Å². The van der Waals surface area contributed by atoms with Crippen molar-refractivity contribution in [2.45, 2.75) is 0 Å². The van der Waals surface area contributed by atoms with Gasteiger partial charge in [-0.25, -0.2) is 0 Å². The first-order valence-electron chi connectivity index (χ1n) is 21.9. The van der Waals surface area contributed by atoms with Crippen LogP contribution in [0.3, 0.4) is 0 Å². The lowest BCUT2D eigenvalue weighted by atomic mass is 9.90. The van der Waals surface area contributed by atoms with Crippen molar-refractivity contribution in [1.82, 2.24) is 0 Å². The number of ether oxygens (including phenoxy) is 1. The summed E-state index contributed by atoms with van der Waals surface area (Å²) in [6.45, 7) is 0. The quantitative estimate of drug-likeness (QED) is 0.151. The fourth-order valence-electron chi connectivity index (χ4n) is 9.60. The second-order valence-corrected chi connectivity index (χ2v) is 16.4. The van der Waals surface area contributed by atoms with Gasteiger partial charge in [0.2, 0.25) is 0 Å². The van der Waals surface area contributed by atoms with E-state index in [4.69, 9.17) is 4.74 Å². The van der Waals surface area contributed by atoms with Crippen LogP contribution in [0.25, 0.3) is 88.3 Å². The van der Waals surface area contributed by atoms with Crippen molar-refractivity contribution < 1.29 is 4.74 Å². The number of anilines is 3. The molecule has 0 atom stereocenters. The molecule has 64 heavy (non-hydrogen) atoms. The van der Waals surface area contributed by atoms with Gasteiger partial charge in [0, 0.05) is 27.9 Å². The highest BCUT2D eigenvalue weighted by atomic mass is 16.5. The van der Waals surface area contributed by atoms with Crippen molar-refractivity contribution >= 4 is 38.6 Å². The molecule has 0 bridgehead atoms. The summed E-state index contributed by atoms with van der Waals surface area (Å²) in [5.41, 5.74) is 17.4. The predicted molar refractivity (Wildman–Crippen MR) is 269 cm³/mol. The first-order chi connectivity index (χ1) is 31.7. The van der Waals surface area contributed by atoms with E-state index < -0.39 is 0 Å². The highest BCUT2D eigenvalue weighted by Gasteiger charge is 2.23. The van der Waals surface area contributed by atoms with Crippen molar-refractivity contribution in [2.24, 2.45) is 0 Å². The number of hydrogen-bond donors (Lipinski definition) is 0. The molecule has 0 unspecified atom stereocenters. The molecule has 11 aromatic carbocycles. The summed E-state index contributed by atoms with van der Waals surface area (Å²) in [6, 6.07) is 89.7. The van der Waals surface area contributed by atoms with Crippen LogP contribution in [0.4, 0.5) is 17.1 Å². The van der Waals surface area contributed by atoms with Gasteiger partial charge < -0.3 is 9.64 Å². The Bertz CT molecular complexity index is 3500. The summed E-state index contributed by atoms with van der Waals surface area (Å²) >= 11 is 0. The van der Waals surface area contributed by atoms with Crippen molar-refractivity contribution in [3.05, 3.63) is 249 Å². The maximum absolute atomic E-state index is 6.43. The Morgan fingerprint density at radius 1 is 0.266 bits per heavy atom. The Hall–Kier alpha value is -8.46. The van der Waals surface area contributed by atoms with E-state index in [9.17, 15) is 0 Å². The van der Waals surface area contributed by atoms with Crippen LogP contribution < -0.4 is 9.64 Å². The first kappa shape index (κ1) is 37.3. The van der Waals surface area contributed by atoms with Crippen LogP contribution in [0.2, 0.25) is 0 Å². The number of para-hydroxylation sites is 2. The zero-order valence-electron chi connectivity index (χ0n) is 35.0. The van der Waals surface area contributed by atoms with Gasteiger partial charge in [-0.1, -0.05) is 188 Å². The average Bonchev–Trinajstić information content (AvgIpc) is 3.37. The molecule has 0 radical (unpaired) electrons. The molecular formula is C62H41NO. The summed E-state index contributed by atoms with van der Waals surface area (Å²) in [5.74, 6) is 1.77. The molecule has 11 aromatic rings. The monoisotopic (exact) mass is 815 g/mol. The van der Waals surface area contributed by atoms with Crippen molar-refractivity contribution in [3.8, 4) is 78.3 Å². The standard InChI is InChI=1S/C62H41NO/c1-3-15-43(16-4-1)54-38-33-47(40-57(54)45-17-5-2-6-18-45)42-29-34-50(35-30-42)63(51-36-31-46(32-37-51)53-25-13-20-44-19-7-8-22-52(44)53)59-26-11-9-23-55(59)49-39-48-21-14-28-61-62(48)58(41-49)56-24-10-12-27-60(56)64-61/h1-41H. The molecule has 2 heteroatoms. The maximum Gasteiger partial charge on any atom is 0.135 e. The molecular weight excluding hydrogens is 775 g/mol. The molecule has 0 N–H and O–H groups in total. The number of hydrogen-bond acceptors (Lipinski definition) is 2. The van der Waals surface area contributed by atoms with Crippen LogP contribution in [-0.4, -0.2) is 0 Å². The summed E-state index contributed by atoms with van der Waals surface area (Å²) in [6.07, 6.45) is 0. The summed E-state index contributed by atoms with van der Waals surface area (Å²) in [4.78, 5) is 2.41. The zero-order valence-corrected chi connectivity index (χ0v) is 35.0. The van der Waals surface area contributed by atoms with Crippen LogP contribution in [0.15, 0.2) is 249 Å². The number of nitrogens with zero attached hydrogens (tertiary/aromatic N) is 1. The van der Waals surface area contributed by atoms with Crippen molar-refractivity contribution in [1.29, 1.82) is 0 Å². The van der Waals surface area contributed by atoms with E-state index in [1.54, 1.807) is 0 Å². The van der Waals surface area contributed by atoms with Gasteiger partial charge in [0.15, 0.2) is 0 Å².